The predicted molar refractivity (Wildman–Crippen MR) is 65.1 cm³/mol. The predicted octanol–water partition coefficient (Wildman–Crippen LogP) is 2.69. The molecule has 0 aliphatic carbocycles. The zero-order chi connectivity index (χ0) is 10.8. The van der Waals surface area contributed by atoms with E-state index in [4.69, 9.17) is 0 Å². The van der Waals surface area contributed by atoms with Crippen LogP contribution in [0, 0.1) is 6.92 Å². The van der Waals surface area contributed by atoms with Gasteiger partial charge in [0.1, 0.15) is 0 Å². The fourth-order valence-corrected chi connectivity index (χ4v) is 2.10. The van der Waals surface area contributed by atoms with Crippen LogP contribution in [0.2, 0.25) is 0 Å². The van der Waals surface area contributed by atoms with Crippen molar-refractivity contribution in [1.82, 2.24) is 9.88 Å². The van der Waals surface area contributed by atoms with Crippen LogP contribution in [-0.2, 0) is 13.1 Å². The van der Waals surface area contributed by atoms with Crippen molar-refractivity contribution in [3.8, 4) is 0 Å². The van der Waals surface area contributed by atoms with Gasteiger partial charge >= 0.3 is 0 Å². The molecule has 0 aliphatic rings. The summed E-state index contributed by atoms with van der Waals surface area (Å²) in [5.74, 6) is 0. The molecular weight excluding hydrogens is 184 g/mol. The topological polar surface area (TPSA) is 17.0 Å². The van der Waals surface area contributed by atoms with Crippen molar-refractivity contribution in [3.63, 3.8) is 0 Å². The van der Waals surface area contributed by atoms with E-state index >= 15 is 0 Å². The minimum Gasteiger partial charge on any atom is -0.347 e. The van der Waals surface area contributed by atoms with Gasteiger partial charge in [0.2, 0.25) is 0 Å². The molecule has 2 rings (SSSR count). The fraction of sp³-hybridized carbons (Fsp3) is 0.385. The summed E-state index contributed by atoms with van der Waals surface area (Å²) in [6.45, 7) is 6.33. The minimum atomic E-state index is 0.937. The molecule has 1 N–H and O–H groups in total. The number of hydrogen-bond acceptors (Lipinski definition) is 1. The average Bonchev–Trinajstić information content (AvgIpc) is 2.56. The van der Waals surface area contributed by atoms with Gasteiger partial charge in [-0.2, -0.15) is 0 Å². The average molecular weight is 202 g/mol. The normalized spacial score (nSPS) is 11.1. The second-order valence-electron chi connectivity index (χ2n) is 3.98. The lowest BCUT2D eigenvalue weighted by Crippen LogP contribution is -2.04. The Morgan fingerprint density at radius 3 is 2.80 bits per heavy atom. The molecule has 2 heteroatoms. The van der Waals surface area contributed by atoms with Gasteiger partial charge in [0.25, 0.3) is 0 Å². The van der Waals surface area contributed by atoms with E-state index < -0.39 is 0 Å². The number of nitrogens with one attached hydrogen (secondary N) is 1. The lowest BCUT2D eigenvalue weighted by Gasteiger charge is -2.03. The molecule has 0 saturated heterocycles. The highest BCUT2D eigenvalue weighted by Crippen LogP contribution is 2.22. The van der Waals surface area contributed by atoms with Gasteiger partial charge in [-0.15, -0.1) is 0 Å². The lowest BCUT2D eigenvalue weighted by atomic mass is 10.1. The molecular formula is C13H18N2. The Balaban J connectivity index is 2.56. The molecule has 0 bridgehead atoms. The first kappa shape index (κ1) is 10.2. The summed E-state index contributed by atoms with van der Waals surface area (Å²) in [6.07, 6.45) is 2.23. The molecule has 15 heavy (non-hydrogen) atoms. The summed E-state index contributed by atoms with van der Waals surface area (Å²) >= 11 is 0. The second kappa shape index (κ2) is 4.07. The van der Waals surface area contributed by atoms with Crippen LogP contribution in [0.3, 0.4) is 0 Å². The van der Waals surface area contributed by atoms with Crippen molar-refractivity contribution in [2.24, 2.45) is 0 Å². The maximum Gasteiger partial charge on any atom is 0.0483 e. The standard InChI is InChI=1S/C13H18N2/c1-4-15-9-10(2)12-7-11(8-14-3)5-6-13(12)15/h5-7,9,14H,4,8H2,1-3H3. The molecule has 1 aromatic heterocycles. The highest BCUT2D eigenvalue weighted by Gasteiger charge is 2.04. The highest BCUT2D eigenvalue weighted by molar-refractivity contribution is 5.84. The third kappa shape index (κ3) is 1.77. The van der Waals surface area contributed by atoms with Gasteiger partial charge in [0.05, 0.1) is 0 Å². The number of hydrogen-bond donors (Lipinski definition) is 1. The van der Waals surface area contributed by atoms with Gasteiger partial charge in [-0.05, 0) is 44.2 Å². The molecule has 2 nitrogen and oxygen atoms in total. The Morgan fingerprint density at radius 2 is 2.13 bits per heavy atom. The van der Waals surface area contributed by atoms with Crippen LogP contribution in [0.5, 0.6) is 0 Å². The summed E-state index contributed by atoms with van der Waals surface area (Å²) in [5, 5.41) is 4.56. The second-order valence-corrected chi connectivity index (χ2v) is 3.98. The van der Waals surface area contributed by atoms with Crippen LogP contribution >= 0.6 is 0 Å². The van der Waals surface area contributed by atoms with Crippen LogP contribution < -0.4 is 5.32 Å². The third-order valence-electron chi connectivity index (χ3n) is 2.87. The van der Waals surface area contributed by atoms with Crippen molar-refractivity contribution in [3.05, 3.63) is 35.5 Å². The Hall–Kier alpha value is -1.28. The van der Waals surface area contributed by atoms with Gasteiger partial charge in [-0.3, -0.25) is 0 Å². The van der Waals surface area contributed by atoms with Gasteiger partial charge < -0.3 is 9.88 Å². The summed E-state index contributed by atoms with van der Waals surface area (Å²) in [6, 6.07) is 6.70. The summed E-state index contributed by atoms with van der Waals surface area (Å²) in [4.78, 5) is 0. The molecule has 0 saturated carbocycles. The van der Waals surface area contributed by atoms with Crippen LogP contribution in [0.4, 0.5) is 0 Å². The number of aryl methyl sites for hydroxylation is 2. The molecule has 0 amide bonds. The number of aromatic nitrogens is 1. The maximum absolute atomic E-state index is 3.18. The van der Waals surface area contributed by atoms with E-state index in [-0.39, 0.29) is 0 Å². The molecule has 0 aliphatic heterocycles. The molecule has 1 aromatic carbocycles. The van der Waals surface area contributed by atoms with Crippen molar-refractivity contribution in [2.45, 2.75) is 26.9 Å². The molecule has 0 unspecified atom stereocenters. The van der Waals surface area contributed by atoms with Crippen LogP contribution in [0.15, 0.2) is 24.4 Å². The molecule has 0 atom stereocenters. The van der Waals surface area contributed by atoms with E-state index in [0.29, 0.717) is 0 Å². The fourth-order valence-electron chi connectivity index (χ4n) is 2.10. The Morgan fingerprint density at radius 1 is 1.33 bits per heavy atom. The lowest BCUT2D eigenvalue weighted by molar-refractivity contribution is 0.794. The van der Waals surface area contributed by atoms with E-state index in [1.807, 2.05) is 7.05 Å². The number of rotatable bonds is 3. The zero-order valence-electron chi connectivity index (χ0n) is 9.67. The van der Waals surface area contributed by atoms with Crippen LogP contribution in [0.1, 0.15) is 18.1 Å². The Labute approximate surface area is 90.9 Å². The molecule has 2 aromatic rings. The first-order chi connectivity index (χ1) is 7.26. The smallest absolute Gasteiger partial charge is 0.0483 e. The van der Waals surface area contributed by atoms with Crippen molar-refractivity contribution in [2.75, 3.05) is 7.05 Å². The highest BCUT2D eigenvalue weighted by atomic mass is 14.9. The van der Waals surface area contributed by atoms with Crippen LogP contribution in [0.25, 0.3) is 10.9 Å². The molecule has 0 fully saturated rings. The molecule has 80 valence electrons. The summed E-state index contributed by atoms with van der Waals surface area (Å²) in [5.41, 5.74) is 4.06. The molecule has 0 radical (unpaired) electrons. The maximum atomic E-state index is 3.18. The van der Waals surface area contributed by atoms with E-state index in [2.05, 4.69) is 48.1 Å². The first-order valence-corrected chi connectivity index (χ1v) is 5.49. The van der Waals surface area contributed by atoms with E-state index in [1.54, 1.807) is 0 Å². The van der Waals surface area contributed by atoms with Crippen molar-refractivity contribution in [1.29, 1.82) is 0 Å². The third-order valence-corrected chi connectivity index (χ3v) is 2.87. The molecule has 1 heterocycles. The number of nitrogens with zero attached hydrogens (tertiary/aromatic N) is 1. The van der Waals surface area contributed by atoms with E-state index in [9.17, 15) is 0 Å². The monoisotopic (exact) mass is 202 g/mol. The number of benzene rings is 1. The van der Waals surface area contributed by atoms with Crippen molar-refractivity contribution < 1.29 is 0 Å². The molecule has 0 spiro atoms. The summed E-state index contributed by atoms with van der Waals surface area (Å²) < 4.78 is 2.30. The Kier molecular flexibility index (Phi) is 2.78. The van der Waals surface area contributed by atoms with Gasteiger partial charge in [-0.1, -0.05) is 6.07 Å². The van der Waals surface area contributed by atoms with Crippen LogP contribution in [-0.4, -0.2) is 11.6 Å². The van der Waals surface area contributed by atoms with E-state index in [1.165, 1.54) is 22.0 Å². The van der Waals surface area contributed by atoms with Gasteiger partial charge in [-0.25, -0.2) is 0 Å². The Bertz CT molecular complexity index is 469. The SMILES string of the molecule is CCn1cc(C)c2cc(CNC)ccc21. The minimum absolute atomic E-state index is 0.937. The van der Waals surface area contributed by atoms with Crippen molar-refractivity contribution >= 4 is 10.9 Å². The summed E-state index contributed by atoms with van der Waals surface area (Å²) in [7, 11) is 1.98. The quantitative estimate of drug-likeness (QED) is 0.809. The largest absolute Gasteiger partial charge is 0.347 e. The van der Waals surface area contributed by atoms with Gasteiger partial charge in [0.15, 0.2) is 0 Å². The van der Waals surface area contributed by atoms with E-state index in [0.717, 1.165) is 13.1 Å². The first-order valence-electron chi connectivity index (χ1n) is 5.49. The zero-order valence-corrected chi connectivity index (χ0v) is 9.67. The number of fused-ring (bicyclic) bond motifs is 1. The van der Waals surface area contributed by atoms with Gasteiger partial charge in [0, 0.05) is 30.2 Å².